The van der Waals surface area contributed by atoms with Crippen molar-refractivity contribution in [2.75, 3.05) is 50.0 Å². The molecule has 2 aromatic heterocycles. The van der Waals surface area contributed by atoms with Gasteiger partial charge in [-0.15, -0.1) is 0 Å². The van der Waals surface area contributed by atoms with Gasteiger partial charge in [0.1, 0.15) is 12.0 Å². The number of aliphatic hydroxyl groups is 1. The Morgan fingerprint density at radius 2 is 1.83 bits per heavy atom. The number of aliphatic hydroxyl groups excluding tert-OH is 1. The summed E-state index contributed by atoms with van der Waals surface area (Å²) < 4.78 is 1.76. The molecule has 1 aliphatic heterocycles. The Hall–Kier alpha value is -2.19. The first-order valence-electron chi connectivity index (χ1n) is 7.82. The normalized spacial score (nSPS) is 16.0. The summed E-state index contributed by atoms with van der Waals surface area (Å²) in [5, 5.41) is 13.5. The fourth-order valence-corrected chi connectivity index (χ4v) is 2.97. The highest BCUT2D eigenvalue weighted by atomic mass is 16.3. The highest BCUT2D eigenvalue weighted by Gasteiger charge is 2.22. The van der Waals surface area contributed by atoms with Crippen LogP contribution in [0.15, 0.2) is 12.4 Å². The van der Waals surface area contributed by atoms with E-state index >= 15 is 0 Å². The predicted molar refractivity (Wildman–Crippen MR) is 88.8 cm³/mol. The van der Waals surface area contributed by atoms with E-state index < -0.39 is 0 Å². The Kier molecular flexibility index (Phi) is 4.44. The minimum Gasteiger partial charge on any atom is -0.395 e. The fourth-order valence-electron chi connectivity index (χ4n) is 2.97. The van der Waals surface area contributed by atoms with Gasteiger partial charge in [-0.1, -0.05) is 0 Å². The van der Waals surface area contributed by atoms with Crippen molar-refractivity contribution in [1.29, 1.82) is 0 Å². The van der Waals surface area contributed by atoms with Crippen molar-refractivity contribution in [2.24, 2.45) is 0 Å². The van der Waals surface area contributed by atoms with E-state index in [9.17, 15) is 0 Å². The van der Waals surface area contributed by atoms with Gasteiger partial charge in [-0.05, 0) is 19.9 Å². The maximum atomic E-state index is 9.03. The molecule has 0 atom stereocenters. The summed E-state index contributed by atoms with van der Waals surface area (Å²) >= 11 is 0. The molecule has 0 aliphatic carbocycles. The topological polar surface area (TPSA) is 96.3 Å². The predicted octanol–water partition coefficient (Wildman–Crippen LogP) is -0.0244. The average molecular weight is 317 g/mol. The molecule has 0 unspecified atom stereocenters. The number of aromatic nitrogens is 4. The first-order valence-corrected chi connectivity index (χ1v) is 7.82. The SMILES string of the molecule is Cc1cc(C)n(-c2ncnc(N3CCN(CCO)CC3)c2N)n1. The zero-order valence-corrected chi connectivity index (χ0v) is 13.6. The third-order valence-electron chi connectivity index (χ3n) is 4.14. The molecule has 8 heteroatoms. The van der Waals surface area contributed by atoms with Gasteiger partial charge in [0.25, 0.3) is 0 Å². The third-order valence-corrected chi connectivity index (χ3v) is 4.14. The van der Waals surface area contributed by atoms with Gasteiger partial charge in [-0.25, -0.2) is 14.6 Å². The molecule has 3 rings (SSSR count). The number of nitrogens with two attached hydrogens (primary N) is 1. The van der Waals surface area contributed by atoms with E-state index in [1.807, 2.05) is 19.9 Å². The maximum absolute atomic E-state index is 9.03. The lowest BCUT2D eigenvalue weighted by atomic mass is 10.3. The lowest BCUT2D eigenvalue weighted by Gasteiger charge is -2.35. The molecule has 0 spiro atoms. The Morgan fingerprint density at radius 1 is 1.13 bits per heavy atom. The van der Waals surface area contributed by atoms with Crippen molar-refractivity contribution in [2.45, 2.75) is 13.8 Å². The number of piperazine rings is 1. The fraction of sp³-hybridized carbons (Fsp3) is 0.533. The molecule has 1 aliphatic rings. The van der Waals surface area contributed by atoms with E-state index in [4.69, 9.17) is 10.8 Å². The van der Waals surface area contributed by atoms with E-state index in [0.29, 0.717) is 18.1 Å². The number of anilines is 2. The second-order valence-electron chi connectivity index (χ2n) is 5.83. The van der Waals surface area contributed by atoms with Gasteiger partial charge >= 0.3 is 0 Å². The number of β-amino-alcohol motifs (C(OH)–C–C–N with tert-alkyl or cyclic N) is 1. The van der Waals surface area contributed by atoms with Gasteiger partial charge in [-0.3, -0.25) is 4.90 Å². The molecule has 0 amide bonds. The monoisotopic (exact) mass is 317 g/mol. The molecule has 1 fully saturated rings. The minimum atomic E-state index is 0.192. The van der Waals surface area contributed by atoms with Crippen molar-refractivity contribution in [3.8, 4) is 5.82 Å². The number of hydrogen-bond acceptors (Lipinski definition) is 7. The van der Waals surface area contributed by atoms with Crippen LogP contribution >= 0.6 is 0 Å². The second kappa shape index (κ2) is 6.51. The first kappa shape index (κ1) is 15.7. The van der Waals surface area contributed by atoms with Crippen molar-refractivity contribution >= 4 is 11.5 Å². The van der Waals surface area contributed by atoms with Crippen LogP contribution in [-0.4, -0.2) is 69.1 Å². The van der Waals surface area contributed by atoms with Crippen LogP contribution in [-0.2, 0) is 0 Å². The van der Waals surface area contributed by atoms with Crippen LogP contribution in [0.3, 0.4) is 0 Å². The highest BCUT2D eigenvalue weighted by Crippen LogP contribution is 2.26. The number of nitrogen functional groups attached to an aromatic ring is 1. The van der Waals surface area contributed by atoms with Crippen LogP contribution in [0, 0.1) is 13.8 Å². The zero-order valence-electron chi connectivity index (χ0n) is 13.6. The summed E-state index contributed by atoms with van der Waals surface area (Å²) in [7, 11) is 0. The van der Waals surface area contributed by atoms with E-state index in [-0.39, 0.29) is 6.61 Å². The molecule has 0 bridgehead atoms. The lowest BCUT2D eigenvalue weighted by Crippen LogP contribution is -2.47. The number of rotatable bonds is 4. The Morgan fingerprint density at radius 3 is 2.43 bits per heavy atom. The van der Waals surface area contributed by atoms with Gasteiger partial charge in [0.05, 0.1) is 12.3 Å². The first-order chi connectivity index (χ1) is 11.1. The van der Waals surface area contributed by atoms with E-state index in [1.165, 1.54) is 6.33 Å². The Bertz CT molecular complexity index is 676. The molecule has 3 heterocycles. The van der Waals surface area contributed by atoms with E-state index in [0.717, 1.165) is 43.4 Å². The number of hydrogen-bond donors (Lipinski definition) is 2. The van der Waals surface area contributed by atoms with Crippen molar-refractivity contribution in [1.82, 2.24) is 24.6 Å². The van der Waals surface area contributed by atoms with E-state index in [2.05, 4.69) is 24.9 Å². The summed E-state index contributed by atoms with van der Waals surface area (Å²) in [5.41, 5.74) is 8.81. The zero-order chi connectivity index (χ0) is 16.4. The van der Waals surface area contributed by atoms with Crippen molar-refractivity contribution in [3.63, 3.8) is 0 Å². The van der Waals surface area contributed by atoms with Crippen LogP contribution in [0.1, 0.15) is 11.4 Å². The average Bonchev–Trinajstić information content (AvgIpc) is 2.87. The largest absolute Gasteiger partial charge is 0.395 e. The smallest absolute Gasteiger partial charge is 0.182 e. The summed E-state index contributed by atoms with van der Waals surface area (Å²) in [5.74, 6) is 1.38. The molecule has 8 nitrogen and oxygen atoms in total. The van der Waals surface area contributed by atoms with Crippen molar-refractivity contribution in [3.05, 3.63) is 23.8 Å². The third kappa shape index (κ3) is 3.13. The standard InChI is InChI=1S/C15H23N7O/c1-11-9-12(2)22(19-11)15-13(16)14(17-10-18-15)21-5-3-20(4-6-21)7-8-23/h9-10,23H,3-8,16H2,1-2H3. The summed E-state index contributed by atoms with van der Waals surface area (Å²) in [6, 6.07) is 1.99. The van der Waals surface area contributed by atoms with Crippen molar-refractivity contribution < 1.29 is 5.11 Å². The summed E-state index contributed by atoms with van der Waals surface area (Å²) in [6.45, 7) is 8.27. The summed E-state index contributed by atoms with van der Waals surface area (Å²) in [6.07, 6.45) is 1.54. The molecule has 0 aromatic carbocycles. The molecular formula is C15H23N7O. The van der Waals surface area contributed by atoms with Gasteiger partial charge < -0.3 is 15.7 Å². The molecule has 23 heavy (non-hydrogen) atoms. The molecule has 0 radical (unpaired) electrons. The quantitative estimate of drug-likeness (QED) is 0.818. The van der Waals surface area contributed by atoms with Crippen LogP contribution < -0.4 is 10.6 Å². The molecule has 0 saturated carbocycles. The molecule has 1 saturated heterocycles. The highest BCUT2D eigenvalue weighted by molar-refractivity contribution is 5.70. The minimum absolute atomic E-state index is 0.192. The lowest BCUT2D eigenvalue weighted by molar-refractivity contribution is 0.188. The number of aryl methyl sites for hydroxylation is 2. The molecule has 2 aromatic rings. The second-order valence-corrected chi connectivity index (χ2v) is 5.83. The number of nitrogens with zero attached hydrogens (tertiary/aromatic N) is 6. The van der Waals surface area contributed by atoms with Gasteiger partial charge in [0, 0.05) is 38.4 Å². The van der Waals surface area contributed by atoms with Crippen LogP contribution in [0.5, 0.6) is 0 Å². The van der Waals surface area contributed by atoms with Gasteiger partial charge in [0.15, 0.2) is 11.6 Å². The van der Waals surface area contributed by atoms with Crippen LogP contribution in [0.4, 0.5) is 11.5 Å². The Labute approximate surface area is 135 Å². The van der Waals surface area contributed by atoms with E-state index in [1.54, 1.807) is 4.68 Å². The van der Waals surface area contributed by atoms with Gasteiger partial charge in [0.2, 0.25) is 0 Å². The molecule has 124 valence electrons. The summed E-state index contributed by atoms with van der Waals surface area (Å²) in [4.78, 5) is 13.1. The van der Waals surface area contributed by atoms with Gasteiger partial charge in [-0.2, -0.15) is 5.10 Å². The van der Waals surface area contributed by atoms with Crippen LogP contribution in [0.25, 0.3) is 5.82 Å². The Balaban J connectivity index is 1.85. The van der Waals surface area contributed by atoms with Crippen LogP contribution in [0.2, 0.25) is 0 Å². The molecule has 3 N–H and O–H groups in total. The maximum Gasteiger partial charge on any atom is 0.182 e. The molecular weight excluding hydrogens is 294 g/mol.